The zero-order chi connectivity index (χ0) is 13.4. The van der Waals surface area contributed by atoms with Crippen LogP contribution in [0.4, 0.5) is 5.82 Å². The van der Waals surface area contributed by atoms with Gasteiger partial charge in [0.05, 0.1) is 0 Å². The number of nitrogens with zero attached hydrogens (tertiary/aromatic N) is 2. The Kier molecular flexibility index (Phi) is 3.54. The van der Waals surface area contributed by atoms with Gasteiger partial charge in [-0.25, -0.2) is 13.1 Å². The summed E-state index contributed by atoms with van der Waals surface area (Å²) in [5.74, 6) is 0.0149. The molecule has 1 unspecified atom stereocenters. The van der Waals surface area contributed by atoms with Crippen LogP contribution in [0.1, 0.15) is 27.7 Å². The van der Waals surface area contributed by atoms with Crippen LogP contribution in [-0.2, 0) is 17.1 Å². The molecular formula is C10H20N4O2S. The average Bonchev–Trinajstić information content (AvgIpc) is 2.43. The van der Waals surface area contributed by atoms with Crippen molar-refractivity contribution in [1.82, 2.24) is 14.5 Å². The minimum atomic E-state index is -3.61. The number of anilines is 1. The van der Waals surface area contributed by atoms with Gasteiger partial charge >= 0.3 is 0 Å². The summed E-state index contributed by atoms with van der Waals surface area (Å²) in [5.41, 5.74) is 5.40. The van der Waals surface area contributed by atoms with Crippen molar-refractivity contribution in [2.24, 2.45) is 12.5 Å². The predicted octanol–water partition coefficient (Wildman–Crippen LogP) is 0.715. The number of hydrogen-bond acceptors (Lipinski definition) is 4. The smallest absolute Gasteiger partial charge is 0.246 e. The van der Waals surface area contributed by atoms with Gasteiger partial charge in [0.25, 0.3) is 0 Å². The molecule has 0 bridgehead atoms. The molecule has 0 aliphatic rings. The lowest BCUT2D eigenvalue weighted by Gasteiger charge is -2.27. The molecule has 0 spiro atoms. The summed E-state index contributed by atoms with van der Waals surface area (Å²) >= 11 is 0. The Hall–Kier alpha value is -1.08. The molecule has 0 saturated carbocycles. The van der Waals surface area contributed by atoms with Crippen LogP contribution in [0, 0.1) is 5.41 Å². The van der Waals surface area contributed by atoms with E-state index in [0.717, 1.165) is 0 Å². The first-order chi connectivity index (χ1) is 7.54. The number of aromatic nitrogens is 2. The number of nitrogen functional groups attached to an aromatic ring is 1. The molecule has 0 fully saturated rings. The van der Waals surface area contributed by atoms with Crippen LogP contribution in [-0.4, -0.2) is 24.2 Å². The molecule has 1 aromatic heterocycles. The maximum absolute atomic E-state index is 12.1. The summed E-state index contributed by atoms with van der Waals surface area (Å²) in [6.45, 7) is 7.72. The van der Waals surface area contributed by atoms with Crippen LogP contribution in [0.25, 0.3) is 0 Å². The minimum absolute atomic E-state index is 0.0149. The van der Waals surface area contributed by atoms with E-state index >= 15 is 0 Å². The molecule has 98 valence electrons. The summed E-state index contributed by atoms with van der Waals surface area (Å²) in [6.07, 6.45) is 1.40. The fourth-order valence-electron chi connectivity index (χ4n) is 1.16. The van der Waals surface area contributed by atoms with Crippen LogP contribution in [0.3, 0.4) is 0 Å². The molecular weight excluding hydrogens is 240 g/mol. The summed E-state index contributed by atoms with van der Waals surface area (Å²) in [7, 11) is -1.98. The Morgan fingerprint density at radius 3 is 2.35 bits per heavy atom. The molecule has 1 heterocycles. The van der Waals surface area contributed by atoms with Crippen molar-refractivity contribution < 1.29 is 8.42 Å². The number of hydrogen-bond donors (Lipinski definition) is 2. The highest BCUT2D eigenvalue weighted by molar-refractivity contribution is 7.89. The number of sulfonamides is 1. The highest BCUT2D eigenvalue weighted by Crippen LogP contribution is 2.22. The molecule has 0 aliphatic heterocycles. The summed E-state index contributed by atoms with van der Waals surface area (Å²) < 4.78 is 28.1. The van der Waals surface area contributed by atoms with E-state index in [2.05, 4.69) is 9.82 Å². The number of rotatable bonds is 3. The monoisotopic (exact) mass is 260 g/mol. The van der Waals surface area contributed by atoms with Crippen molar-refractivity contribution in [3.8, 4) is 0 Å². The van der Waals surface area contributed by atoms with Crippen molar-refractivity contribution in [3.63, 3.8) is 0 Å². The fraction of sp³-hybridized carbons (Fsp3) is 0.700. The van der Waals surface area contributed by atoms with Crippen molar-refractivity contribution in [2.75, 3.05) is 5.73 Å². The predicted molar refractivity (Wildman–Crippen MR) is 66.9 cm³/mol. The summed E-state index contributed by atoms with van der Waals surface area (Å²) in [4.78, 5) is 0.0242. The first-order valence-electron chi connectivity index (χ1n) is 5.35. The number of aryl methyl sites for hydroxylation is 1. The SMILES string of the molecule is CC(NS(=O)(=O)c1cn(C)nc1N)C(C)(C)C. The quantitative estimate of drug-likeness (QED) is 0.837. The second-order valence-corrected chi connectivity index (χ2v) is 6.94. The van der Waals surface area contributed by atoms with Gasteiger partial charge in [0.15, 0.2) is 5.82 Å². The Balaban J connectivity index is 3.02. The number of nitrogens with two attached hydrogens (primary N) is 1. The van der Waals surface area contributed by atoms with Gasteiger partial charge in [0.2, 0.25) is 10.0 Å². The normalized spacial score (nSPS) is 14.9. The van der Waals surface area contributed by atoms with Crippen molar-refractivity contribution in [3.05, 3.63) is 6.20 Å². The molecule has 6 nitrogen and oxygen atoms in total. The number of nitrogens with one attached hydrogen (secondary N) is 1. The van der Waals surface area contributed by atoms with Gasteiger partial charge in [-0.15, -0.1) is 0 Å². The van der Waals surface area contributed by atoms with E-state index in [0.29, 0.717) is 0 Å². The third-order valence-electron chi connectivity index (χ3n) is 2.74. The van der Waals surface area contributed by atoms with E-state index in [1.807, 2.05) is 27.7 Å². The van der Waals surface area contributed by atoms with E-state index in [4.69, 9.17) is 5.73 Å². The van der Waals surface area contributed by atoms with Gasteiger partial charge < -0.3 is 5.73 Å². The Morgan fingerprint density at radius 1 is 1.47 bits per heavy atom. The molecule has 17 heavy (non-hydrogen) atoms. The second kappa shape index (κ2) is 4.30. The van der Waals surface area contributed by atoms with Crippen LogP contribution in [0.5, 0.6) is 0 Å². The van der Waals surface area contributed by atoms with E-state index in [9.17, 15) is 8.42 Å². The lowest BCUT2D eigenvalue weighted by molar-refractivity contribution is 0.317. The first kappa shape index (κ1) is 14.0. The molecule has 0 aliphatic carbocycles. The molecule has 0 aromatic carbocycles. The summed E-state index contributed by atoms with van der Waals surface area (Å²) in [5, 5.41) is 3.82. The molecule has 1 aromatic rings. The lowest BCUT2D eigenvalue weighted by atomic mass is 9.89. The maximum atomic E-state index is 12.1. The van der Waals surface area contributed by atoms with Crippen LogP contribution >= 0.6 is 0 Å². The average molecular weight is 260 g/mol. The third kappa shape index (κ3) is 3.19. The molecule has 1 rings (SSSR count). The van der Waals surface area contributed by atoms with Crippen LogP contribution < -0.4 is 10.5 Å². The zero-order valence-corrected chi connectivity index (χ0v) is 11.7. The maximum Gasteiger partial charge on any atom is 0.246 e. The molecule has 0 saturated heterocycles. The van der Waals surface area contributed by atoms with Crippen molar-refractivity contribution in [2.45, 2.75) is 38.6 Å². The minimum Gasteiger partial charge on any atom is -0.381 e. The van der Waals surface area contributed by atoms with Crippen LogP contribution in [0.15, 0.2) is 11.1 Å². The van der Waals surface area contributed by atoms with Gasteiger partial charge in [-0.1, -0.05) is 20.8 Å². The first-order valence-corrected chi connectivity index (χ1v) is 6.84. The molecule has 7 heteroatoms. The van der Waals surface area contributed by atoms with Gasteiger partial charge in [0, 0.05) is 19.3 Å². The van der Waals surface area contributed by atoms with Gasteiger partial charge in [-0.05, 0) is 12.3 Å². The highest BCUT2D eigenvalue weighted by Gasteiger charge is 2.28. The van der Waals surface area contributed by atoms with Crippen LogP contribution in [0.2, 0.25) is 0 Å². The van der Waals surface area contributed by atoms with E-state index in [1.165, 1.54) is 10.9 Å². The van der Waals surface area contributed by atoms with Gasteiger partial charge in [-0.3, -0.25) is 4.68 Å². The van der Waals surface area contributed by atoms with E-state index in [-0.39, 0.29) is 22.2 Å². The van der Waals surface area contributed by atoms with Crippen molar-refractivity contribution in [1.29, 1.82) is 0 Å². The largest absolute Gasteiger partial charge is 0.381 e. The zero-order valence-electron chi connectivity index (χ0n) is 10.9. The van der Waals surface area contributed by atoms with E-state index in [1.54, 1.807) is 7.05 Å². The molecule has 3 N–H and O–H groups in total. The topological polar surface area (TPSA) is 90.0 Å². The summed E-state index contributed by atoms with van der Waals surface area (Å²) in [6, 6.07) is -0.202. The Labute approximate surface area is 102 Å². The lowest BCUT2D eigenvalue weighted by Crippen LogP contribution is -2.41. The fourth-order valence-corrected chi connectivity index (χ4v) is 2.72. The van der Waals surface area contributed by atoms with Gasteiger partial charge in [-0.2, -0.15) is 5.10 Å². The third-order valence-corrected chi connectivity index (χ3v) is 4.30. The van der Waals surface area contributed by atoms with E-state index < -0.39 is 10.0 Å². The van der Waals surface area contributed by atoms with Gasteiger partial charge in [0.1, 0.15) is 4.90 Å². The second-order valence-electron chi connectivity index (χ2n) is 5.26. The standard InChI is InChI=1S/C10H20N4O2S/c1-7(10(2,3)4)13-17(15,16)8-6-14(5)12-9(8)11/h6-7,13H,1-5H3,(H2,11,12). The highest BCUT2D eigenvalue weighted by atomic mass is 32.2. The molecule has 1 atom stereocenters. The molecule has 0 radical (unpaired) electrons. The molecule has 0 amide bonds. The van der Waals surface area contributed by atoms with Crippen molar-refractivity contribution >= 4 is 15.8 Å². The Bertz CT molecular complexity index is 499. The Morgan fingerprint density at radius 2 is 2.00 bits per heavy atom.